The minimum atomic E-state index is 0. The molecule has 2 aromatic heterocycles. The van der Waals surface area contributed by atoms with Crippen molar-refractivity contribution in [1.82, 2.24) is 20.6 Å². The van der Waals surface area contributed by atoms with Gasteiger partial charge in [0.25, 0.3) is 0 Å². The monoisotopic (exact) mass is 402 g/mol. The van der Waals surface area contributed by atoms with Crippen LogP contribution in [0.15, 0.2) is 29.9 Å². The molecule has 2 aromatic rings. The minimum Gasteiger partial charge on any atom is -0.355 e. The molecule has 5 nitrogen and oxygen atoms in total. The molecule has 138 valence electrons. The van der Waals surface area contributed by atoms with E-state index in [0.29, 0.717) is 6.54 Å². The predicted molar refractivity (Wildman–Crippen MR) is 107 cm³/mol. The fourth-order valence-electron chi connectivity index (χ4n) is 2.73. The van der Waals surface area contributed by atoms with Crippen molar-refractivity contribution >= 4 is 42.1 Å². The molecule has 0 bridgehead atoms. The number of thiazole rings is 1. The summed E-state index contributed by atoms with van der Waals surface area (Å²) in [6.45, 7) is 1.66. The van der Waals surface area contributed by atoms with Crippen LogP contribution in [-0.2, 0) is 11.2 Å². The van der Waals surface area contributed by atoms with Crippen LogP contribution in [0.2, 0.25) is 0 Å². The van der Waals surface area contributed by atoms with E-state index >= 15 is 0 Å². The Hall–Kier alpha value is -1.21. The third-order valence-corrected chi connectivity index (χ3v) is 4.93. The summed E-state index contributed by atoms with van der Waals surface area (Å²) in [7, 11) is 0. The van der Waals surface area contributed by atoms with Gasteiger partial charge in [-0.25, -0.2) is 4.98 Å². The molecule has 1 saturated heterocycles. The van der Waals surface area contributed by atoms with E-state index < -0.39 is 0 Å². The zero-order valence-electron chi connectivity index (χ0n) is 13.9. The summed E-state index contributed by atoms with van der Waals surface area (Å²) in [6, 6.07) is 3.94. The van der Waals surface area contributed by atoms with E-state index in [1.807, 2.05) is 12.1 Å². The number of aryl methyl sites for hydroxylation is 1. The van der Waals surface area contributed by atoms with Crippen molar-refractivity contribution in [2.75, 3.05) is 13.1 Å². The Bertz CT molecular complexity index is 633. The summed E-state index contributed by atoms with van der Waals surface area (Å²) in [5, 5.41) is 9.49. The standard InChI is InChI=1S/C17H22N4OS.2ClH/c22-17(14-4-1-2-8-19-14)20-9-3-5-16-21-15(12-23-16)13-6-10-18-11-7-13;;/h6-7,10-12,14,19H,1-5,8-9H2,(H,20,22);2*1H/t14-;;/m1../s1. The number of nitrogens with one attached hydrogen (secondary N) is 2. The summed E-state index contributed by atoms with van der Waals surface area (Å²) in [5.41, 5.74) is 2.10. The zero-order chi connectivity index (χ0) is 15.9. The number of hydrogen-bond acceptors (Lipinski definition) is 5. The van der Waals surface area contributed by atoms with Gasteiger partial charge in [-0.1, -0.05) is 6.42 Å². The van der Waals surface area contributed by atoms with E-state index in [0.717, 1.165) is 48.5 Å². The molecule has 0 unspecified atom stereocenters. The van der Waals surface area contributed by atoms with Gasteiger partial charge in [0.2, 0.25) is 5.91 Å². The Morgan fingerprint density at radius 2 is 2.08 bits per heavy atom. The molecule has 0 spiro atoms. The average molecular weight is 403 g/mol. The molecule has 1 atom stereocenters. The molecule has 1 aliphatic rings. The lowest BCUT2D eigenvalue weighted by Crippen LogP contribution is -2.46. The molecule has 1 aliphatic heterocycles. The van der Waals surface area contributed by atoms with E-state index in [2.05, 4.69) is 26.0 Å². The number of amides is 1. The Morgan fingerprint density at radius 3 is 2.80 bits per heavy atom. The highest BCUT2D eigenvalue weighted by Gasteiger charge is 2.19. The molecule has 3 heterocycles. The Balaban J connectivity index is 0.00000156. The van der Waals surface area contributed by atoms with Gasteiger partial charge in [-0.05, 0) is 37.9 Å². The summed E-state index contributed by atoms with van der Waals surface area (Å²) in [5.74, 6) is 0.140. The number of carbonyl (C=O) groups excluding carboxylic acids is 1. The van der Waals surface area contributed by atoms with Crippen molar-refractivity contribution in [3.05, 3.63) is 34.9 Å². The van der Waals surface area contributed by atoms with Crippen molar-refractivity contribution < 1.29 is 4.79 Å². The lowest BCUT2D eigenvalue weighted by Gasteiger charge is -2.22. The molecule has 1 fully saturated rings. The fourth-order valence-corrected chi connectivity index (χ4v) is 3.58. The van der Waals surface area contributed by atoms with Gasteiger partial charge in [-0.15, -0.1) is 36.2 Å². The van der Waals surface area contributed by atoms with E-state index in [1.54, 1.807) is 23.7 Å². The molecule has 1 amide bonds. The van der Waals surface area contributed by atoms with Crippen LogP contribution < -0.4 is 10.6 Å². The third-order valence-electron chi connectivity index (χ3n) is 4.02. The van der Waals surface area contributed by atoms with Crippen molar-refractivity contribution in [2.45, 2.75) is 38.1 Å². The maximum absolute atomic E-state index is 12.0. The minimum absolute atomic E-state index is 0. The lowest BCUT2D eigenvalue weighted by atomic mass is 10.0. The number of halogens is 2. The highest BCUT2D eigenvalue weighted by atomic mass is 35.5. The van der Waals surface area contributed by atoms with Crippen LogP contribution in [0.1, 0.15) is 30.7 Å². The Labute approximate surface area is 164 Å². The molecular formula is C17H24Cl2N4OS. The molecule has 8 heteroatoms. The normalized spacial score (nSPS) is 16.4. The van der Waals surface area contributed by atoms with Crippen LogP contribution in [0.4, 0.5) is 0 Å². The van der Waals surface area contributed by atoms with Crippen LogP contribution >= 0.6 is 36.2 Å². The van der Waals surface area contributed by atoms with Gasteiger partial charge >= 0.3 is 0 Å². The average Bonchev–Trinajstić information content (AvgIpc) is 3.09. The summed E-state index contributed by atoms with van der Waals surface area (Å²) >= 11 is 1.67. The van der Waals surface area contributed by atoms with E-state index in [4.69, 9.17) is 0 Å². The van der Waals surface area contributed by atoms with Gasteiger partial charge in [0, 0.05) is 36.3 Å². The van der Waals surface area contributed by atoms with Gasteiger partial charge in [-0.3, -0.25) is 9.78 Å². The number of pyridine rings is 1. The van der Waals surface area contributed by atoms with Gasteiger partial charge < -0.3 is 10.6 Å². The van der Waals surface area contributed by atoms with Crippen molar-refractivity contribution in [3.63, 3.8) is 0 Å². The molecule has 3 rings (SSSR count). The van der Waals surface area contributed by atoms with Gasteiger partial charge in [0.15, 0.2) is 0 Å². The van der Waals surface area contributed by atoms with Crippen molar-refractivity contribution in [1.29, 1.82) is 0 Å². The van der Waals surface area contributed by atoms with Crippen molar-refractivity contribution in [2.24, 2.45) is 0 Å². The molecular weight excluding hydrogens is 379 g/mol. The SMILES string of the molecule is Cl.Cl.O=C(NCCCc1nc(-c2ccncc2)cs1)[C@H]1CCCCN1. The second-order valence-electron chi connectivity index (χ2n) is 5.76. The summed E-state index contributed by atoms with van der Waals surface area (Å²) in [4.78, 5) is 20.7. The lowest BCUT2D eigenvalue weighted by molar-refractivity contribution is -0.123. The first kappa shape index (κ1) is 21.8. The number of hydrogen-bond donors (Lipinski definition) is 2. The van der Waals surface area contributed by atoms with Crippen LogP contribution in [0.3, 0.4) is 0 Å². The largest absolute Gasteiger partial charge is 0.355 e. The Morgan fingerprint density at radius 1 is 1.28 bits per heavy atom. The van der Waals surface area contributed by atoms with Gasteiger partial charge in [0.1, 0.15) is 0 Å². The van der Waals surface area contributed by atoms with E-state index in [-0.39, 0.29) is 36.8 Å². The number of rotatable bonds is 6. The number of piperidine rings is 1. The molecule has 2 N–H and O–H groups in total. The number of carbonyl (C=O) groups is 1. The summed E-state index contributed by atoms with van der Waals surface area (Å²) in [6.07, 6.45) is 8.64. The van der Waals surface area contributed by atoms with Gasteiger partial charge in [-0.2, -0.15) is 0 Å². The van der Waals surface area contributed by atoms with Gasteiger partial charge in [0.05, 0.1) is 16.7 Å². The quantitative estimate of drug-likeness (QED) is 0.727. The maximum atomic E-state index is 12.0. The van der Waals surface area contributed by atoms with Crippen LogP contribution in [0, 0.1) is 0 Å². The second kappa shape index (κ2) is 11.4. The number of aromatic nitrogens is 2. The first-order chi connectivity index (χ1) is 11.3. The molecule has 0 aliphatic carbocycles. The number of nitrogens with zero attached hydrogens (tertiary/aromatic N) is 2. The smallest absolute Gasteiger partial charge is 0.237 e. The van der Waals surface area contributed by atoms with Crippen LogP contribution in [-0.4, -0.2) is 35.0 Å². The third kappa shape index (κ3) is 6.55. The first-order valence-corrected chi connectivity index (χ1v) is 9.07. The van der Waals surface area contributed by atoms with Crippen LogP contribution in [0.25, 0.3) is 11.3 Å². The van der Waals surface area contributed by atoms with Crippen LogP contribution in [0.5, 0.6) is 0 Å². The first-order valence-electron chi connectivity index (χ1n) is 8.19. The zero-order valence-corrected chi connectivity index (χ0v) is 16.4. The van der Waals surface area contributed by atoms with E-state index in [1.165, 1.54) is 6.42 Å². The summed E-state index contributed by atoms with van der Waals surface area (Å²) < 4.78 is 0. The highest BCUT2D eigenvalue weighted by Crippen LogP contribution is 2.21. The van der Waals surface area contributed by atoms with Crippen molar-refractivity contribution in [3.8, 4) is 11.3 Å². The Kier molecular flexibility index (Phi) is 9.97. The highest BCUT2D eigenvalue weighted by molar-refractivity contribution is 7.09. The van der Waals surface area contributed by atoms with E-state index in [9.17, 15) is 4.79 Å². The molecule has 0 saturated carbocycles. The molecule has 0 aromatic carbocycles. The fraction of sp³-hybridized carbons (Fsp3) is 0.471. The predicted octanol–water partition coefficient (Wildman–Crippen LogP) is 3.24. The topological polar surface area (TPSA) is 66.9 Å². The molecule has 0 radical (unpaired) electrons. The maximum Gasteiger partial charge on any atom is 0.237 e. The second-order valence-corrected chi connectivity index (χ2v) is 6.70. The molecule has 25 heavy (non-hydrogen) atoms.